The molecule has 0 radical (unpaired) electrons. The lowest BCUT2D eigenvalue weighted by Gasteiger charge is -2.30. The number of aromatic nitrogens is 2. The molecule has 1 aromatic heterocycles. The smallest absolute Gasteiger partial charge is 0.293 e. The van der Waals surface area contributed by atoms with E-state index in [1.54, 1.807) is 17.0 Å². The van der Waals surface area contributed by atoms with Crippen molar-refractivity contribution >= 4 is 5.82 Å². The predicted molar refractivity (Wildman–Crippen MR) is 66.3 cm³/mol. The second-order valence-electron chi connectivity index (χ2n) is 4.80. The molecule has 5 nitrogen and oxygen atoms in total. The molecule has 0 bridgehead atoms. The maximum absolute atomic E-state index is 12.2. The van der Waals surface area contributed by atoms with Crippen LogP contribution in [0.2, 0.25) is 0 Å². The predicted octanol–water partition coefficient (Wildman–Crippen LogP) is 0.785. The molecule has 0 aliphatic carbocycles. The van der Waals surface area contributed by atoms with E-state index >= 15 is 0 Å². The Balaban J connectivity index is 2.32. The molecule has 0 aromatic carbocycles. The van der Waals surface area contributed by atoms with Crippen molar-refractivity contribution in [1.29, 1.82) is 0 Å². The Morgan fingerprint density at radius 3 is 2.94 bits per heavy atom. The van der Waals surface area contributed by atoms with Gasteiger partial charge in [-0.15, -0.1) is 0 Å². The number of anilines is 1. The molecule has 0 spiro atoms. The van der Waals surface area contributed by atoms with Crippen molar-refractivity contribution in [3.8, 4) is 0 Å². The van der Waals surface area contributed by atoms with Crippen LogP contribution in [0.3, 0.4) is 0 Å². The molecule has 1 aliphatic heterocycles. The van der Waals surface area contributed by atoms with Crippen molar-refractivity contribution in [2.75, 3.05) is 18.0 Å². The van der Waals surface area contributed by atoms with Crippen LogP contribution in [-0.2, 0) is 0 Å². The van der Waals surface area contributed by atoms with Gasteiger partial charge in [0, 0.05) is 31.5 Å². The Kier molecular flexibility index (Phi) is 3.47. The van der Waals surface area contributed by atoms with Crippen molar-refractivity contribution in [3.05, 3.63) is 22.7 Å². The lowest BCUT2D eigenvalue weighted by Crippen LogP contribution is -2.42. The van der Waals surface area contributed by atoms with E-state index in [0.29, 0.717) is 12.4 Å². The Labute approximate surface area is 101 Å². The summed E-state index contributed by atoms with van der Waals surface area (Å²) in [5.41, 5.74) is -0.0726. The van der Waals surface area contributed by atoms with Crippen molar-refractivity contribution in [2.45, 2.75) is 38.8 Å². The van der Waals surface area contributed by atoms with Crippen molar-refractivity contribution < 1.29 is 5.11 Å². The summed E-state index contributed by atoms with van der Waals surface area (Å²) in [6.45, 7) is 5.23. The molecule has 0 saturated carbocycles. The van der Waals surface area contributed by atoms with Crippen LogP contribution in [0.25, 0.3) is 0 Å². The lowest BCUT2D eigenvalue weighted by atomic mass is 10.1. The molecule has 2 rings (SSSR count). The highest BCUT2D eigenvalue weighted by Crippen LogP contribution is 2.14. The van der Waals surface area contributed by atoms with E-state index in [1.165, 1.54) is 0 Å². The van der Waals surface area contributed by atoms with Gasteiger partial charge in [-0.2, -0.15) is 0 Å². The first-order chi connectivity index (χ1) is 8.09. The van der Waals surface area contributed by atoms with Gasteiger partial charge >= 0.3 is 0 Å². The van der Waals surface area contributed by atoms with Gasteiger partial charge in [-0.25, -0.2) is 4.98 Å². The first-order valence-electron chi connectivity index (χ1n) is 6.09. The number of nitrogens with zero attached hydrogens (tertiary/aromatic N) is 3. The zero-order chi connectivity index (χ0) is 12.4. The molecule has 1 aliphatic rings. The topological polar surface area (TPSA) is 58.4 Å². The highest BCUT2D eigenvalue weighted by Gasteiger charge is 2.21. The molecule has 0 amide bonds. The summed E-state index contributed by atoms with van der Waals surface area (Å²) in [6, 6.07) is 0.124. The average Bonchev–Trinajstić information content (AvgIpc) is 2.29. The van der Waals surface area contributed by atoms with E-state index in [9.17, 15) is 9.90 Å². The van der Waals surface area contributed by atoms with Gasteiger partial charge in [-0.3, -0.25) is 4.79 Å². The number of β-amino-alcohol motifs (C(OH)–C–C–N with tert-alkyl or cyclic N) is 1. The molecule has 17 heavy (non-hydrogen) atoms. The van der Waals surface area contributed by atoms with Gasteiger partial charge in [-0.05, 0) is 26.7 Å². The fourth-order valence-electron chi connectivity index (χ4n) is 2.18. The molecule has 1 aromatic rings. The van der Waals surface area contributed by atoms with Crippen LogP contribution >= 0.6 is 0 Å². The maximum atomic E-state index is 12.2. The molecule has 1 atom stereocenters. The summed E-state index contributed by atoms with van der Waals surface area (Å²) in [6.07, 6.45) is 4.72. The quantitative estimate of drug-likeness (QED) is 0.826. The third-order valence-corrected chi connectivity index (χ3v) is 3.10. The Bertz CT molecular complexity index is 442. The van der Waals surface area contributed by atoms with Crippen LogP contribution in [0.5, 0.6) is 0 Å². The number of rotatable bonds is 2. The summed E-state index contributed by atoms with van der Waals surface area (Å²) in [4.78, 5) is 18.2. The number of hydrogen-bond acceptors (Lipinski definition) is 4. The van der Waals surface area contributed by atoms with Gasteiger partial charge < -0.3 is 14.6 Å². The molecule has 2 heterocycles. The van der Waals surface area contributed by atoms with E-state index in [0.717, 1.165) is 19.4 Å². The van der Waals surface area contributed by atoms with Gasteiger partial charge in [-0.1, -0.05) is 0 Å². The highest BCUT2D eigenvalue weighted by atomic mass is 16.3. The van der Waals surface area contributed by atoms with E-state index in [4.69, 9.17) is 0 Å². The summed E-state index contributed by atoms with van der Waals surface area (Å²) >= 11 is 0. The minimum Gasteiger partial charge on any atom is -0.391 e. The standard InChI is InChI=1S/C12H19N3O2/c1-9(2)15-7-5-13-11(12(15)17)14-6-3-4-10(16)8-14/h5,7,9-10,16H,3-4,6,8H2,1-2H3. The number of piperidine rings is 1. The number of aliphatic hydroxyl groups excluding tert-OH is 1. The van der Waals surface area contributed by atoms with Gasteiger partial charge in [0.05, 0.1) is 6.10 Å². The minimum absolute atomic E-state index is 0.0726. The average molecular weight is 237 g/mol. The molecule has 94 valence electrons. The molecule has 5 heteroatoms. The van der Waals surface area contributed by atoms with Gasteiger partial charge in [0.1, 0.15) is 0 Å². The zero-order valence-electron chi connectivity index (χ0n) is 10.3. The zero-order valence-corrected chi connectivity index (χ0v) is 10.3. The van der Waals surface area contributed by atoms with Crippen LogP contribution < -0.4 is 10.5 Å². The Morgan fingerprint density at radius 2 is 2.29 bits per heavy atom. The number of hydrogen-bond donors (Lipinski definition) is 1. The second kappa shape index (κ2) is 4.87. The first kappa shape index (κ1) is 12.1. The van der Waals surface area contributed by atoms with Gasteiger partial charge in [0.15, 0.2) is 5.82 Å². The molecule has 1 fully saturated rings. The van der Waals surface area contributed by atoms with E-state index in [2.05, 4.69) is 4.98 Å². The number of aliphatic hydroxyl groups is 1. The summed E-state index contributed by atoms with van der Waals surface area (Å²) in [5.74, 6) is 0.458. The minimum atomic E-state index is -0.349. The molecular formula is C12H19N3O2. The van der Waals surface area contributed by atoms with E-state index < -0.39 is 0 Å². The fraction of sp³-hybridized carbons (Fsp3) is 0.667. The first-order valence-corrected chi connectivity index (χ1v) is 6.09. The fourth-order valence-corrected chi connectivity index (χ4v) is 2.18. The molecule has 1 N–H and O–H groups in total. The van der Waals surface area contributed by atoms with Crippen LogP contribution in [0.1, 0.15) is 32.7 Å². The normalized spacial score (nSPS) is 20.9. The van der Waals surface area contributed by atoms with Crippen LogP contribution in [0.15, 0.2) is 17.2 Å². The van der Waals surface area contributed by atoms with Crippen LogP contribution in [0, 0.1) is 0 Å². The molecule has 1 unspecified atom stereocenters. The Morgan fingerprint density at radius 1 is 1.53 bits per heavy atom. The summed E-state index contributed by atoms with van der Waals surface area (Å²) < 4.78 is 1.67. The highest BCUT2D eigenvalue weighted by molar-refractivity contribution is 5.36. The van der Waals surface area contributed by atoms with E-state index in [1.807, 2.05) is 18.7 Å². The third kappa shape index (κ3) is 2.49. The largest absolute Gasteiger partial charge is 0.391 e. The third-order valence-electron chi connectivity index (χ3n) is 3.10. The van der Waals surface area contributed by atoms with Crippen LogP contribution in [0.4, 0.5) is 5.82 Å². The summed E-state index contributed by atoms with van der Waals surface area (Å²) in [5, 5.41) is 9.63. The van der Waals surface area contributed by atoms with Crippen molar-refractivity contribution in [3.63, 3.8) is 0 Å². The SMILES string of the molecule is CC(C)n1ccnc(N2CCCC(O)C2)c1=O. The van der Waals surface area contributed by atoms with Gasteiger partial charge in [0.2, 0.25) is 0 Å². The Hall–Kier alpha value is -1.36. The van der Waals surface area contributed by atoms with Crippen molar-refractivity contribution in [1.82, 2.24) is 9.55 Å². The monoisotopic (exact) mass is 237 g/mol. The maximum Gasteiger partial charge on any atom is 0.293 e. The van der Waals surface area contributed by atoms with Crippen LogP contribution in [-0.4, -0.2) is 33.9 Å². The molecule has 1 saturated heterocycles. The van der Waals surface area contributed by atoms with Crippen molar-refractivity contribution in [2.24, 2.45) is 0 Å². The second-order valence-corrected chi connectivity index (χ2v) is 4.80. The lowest BCUT2D eigenvalue weighted by molar-refractivity contribution is 0.153. The van der Waals surface area contributed by atoms with Gasteiger partial charge in [0.25, 0.3) is 5.56 Å². The summed E-state index contributed by atoms with van der Waals surface area (Å²) in [7, 11) is 0. The molecular weight excluding hydrogens is 218 g/mol. The van der Waals surface area contributed by atoms with E-state index in [-0.39, 0.29) is 17.7 Å².